The van der Waals surface area contributed by atoms with Crippen LogP contribution in [0.5, 0.6) is 0 Å². The Bertz CT molecular complexity index is 217. The Morgan fingerprint density at radius 2 is 1.57 bits per heavy atom. The quantitative estimate of drug-likeness (QED) is 0.677. The first-order valence-electron chi connectivity index (χ1n) is 5.14. The molecule has 0 aliphatic rings. The van der Waals surface area contributed by atoms with Gasteiger partial charge >= 0.3 is 0 Å². The molecule has 0 atom stereocenters. The monoisotopic (exact) mass is 199 g/mol. The van der Waals surface area contributed by atoms with Gasteiger partial charge < -0.3 is 4.90 Å². The molecule has 0 aromatic rings. The van der Waals surface area contributed by atoms with Gasteiger partial charge in [-0.2, -0.15) is 0 Å². The third kappa shape index (κ3) is 3.48. The number of hydrogen-bond donors (Lipinski definition) is 0. The Kier molecular flexibility index (Phi) is 4.81. The minimum absolute atomic E-state index is 0.0653. The van der Waals surface area contributed by atoms with Crippen LogP contribution in [0.25, 0.3) is 0 Å². The molecule has 14 heavy (non-hydrogen) atoms. The molecule has 0 saturated carbocycles. The van der Waals surface area contributed by atoms with Crippen LogP contribution in [0.15, 0.2) is 0 Å². The molecule has 82 valence electrons. The summed E-state index contributed by atoms with van der Waals surface area (Å²) in [6.45, 7) is 10.5. The van der Waals surface area contributed by atoms with E-state index in [-0.39, 0.29) is 11.7 Å². The molecule has 0 fully saturated rings. The number of amides is 1. The van der Waals surface area contributed by atoms with Gasteiger partial charge in [0.2, 0.25) is 5.91 Å². The Morgan fingerprint density at radius 1 is 1.14 bits per heavy atom. The molecule has 0 aliphatic carbocycles. The van der Waals surface area contributed by atoms with Gasteiger partial charge in [0, 0.05) is 19.5 Å². The molecule has 3 heteroatoms. The molecule has 0 saturated heterocycles. The van der Waals surface area contributed by atoms with E-state index in [0.717, 1.165) is 0 Å². The number of nitrogens with zero attached hydrogens (tertiary/aromatic N) is 1. The summed E-state index contributed by atoms with van der Waals surface area (Å²) in [7, 11) is 0. The highest BCUT2D eigenvalue weighted by molar-refractivity contribution is 5.88. The highest BCUT2D eigenvalue weighted by Crippen LogP contribution is 2.23. The van der Waals surface area contributed by atoms with Gasteiger partial charge in [-0.25, -0.2) is 0 Å². The van der Waals surface area contributed by atoms with Crippen LogP contribution in [0.3, 0.4) is 0 Å². The molecule has 1 amide bonds. The van der Waals surface area contributed by atoms with E-state index in [0.29, 0.717) is 19.5 Å². The van der Waals surface area contributed by atoms with Crippen molar-refractivity contribution >= 4 is 11.7 Å². The van der Waals surface area contributed by atoms with E-state index < -0.39 is 5.41 Å². The van der Waals surface area contributed by atoms with Crippen molar-refractivity contribution in [2.24, 2.45) is 5.41 Å². The molecule has 0 spiro atoms. The average molecular weight is 199 g/mol. The largest absolute Gasteiger partial charge is 0.343 e. The zero-order chi connectivity index (χ0) is 11.4. The summed E-state index contributed by atoms with van der Waals surface area (Å²) in [5.74, 6) is 0.133. The second-order valence-electron chi connectivity index (χ2n) is 4.24. The van der Waals surface area contributed by atoms with Crippen molar-refractivity contribution in [3.8, 4) is 0 Å². The molecule has 0 aliphatic heterocycles. The second-order valence-corrected chi connectivity index (χ2v) is 4.24. The van der Waals surface area contributed by atoms with Crippen LogP contribution in [0.1, 0.15) is 41.0 Å². The first-order chi connectivity index (χ1) is 6.35. The number of ketones is 1. The Labute approximate surface area is 86.5 Å². The van der Waals surface area contributed by atoms with Crippen molar-refractivity contribution < 1.29 is 9.59 Å². The van der Waals surface area contributed by atoms with Crippen molar-refractivity contribution in [1.82, 2.24) is 4.90 Å². The summed E-state index contributed by atoms with van der Waals surface area (Å²) >= 11 is 0. The lowest BCUT2D eigenvalue weighted by Gasteiger charge is -2.29. The van der Waals surface area contributed by atoms with E-state index in [2.05, 4.69) is 0 Å². The van der Waals surface area contributed by atoms with E-state index >= 15 is 0 Å². The lowest BCUT2D eigenvalue weighted by Crippen LogP contribution is -2.41. The van der Waals surface area contributed by atoms with E-state index in [1.165, 1.54) is 6.92 Å². The van der Waals surface area contributed by atoms with Gasteiger partial charge in [0.1, 0.15) is 5.78 Å². The molecule has 0 heterocycles. The highest BCUT2D eigenvalue weighted by atomic mass is 16.2. The van der Waals surface area contributed by atoms with E-state index in [4.69, 9.17) is 0 Å². The summed E-state index contributed by atoms with van der Waals surface area (Å²) in [5.41, 5.74) is -0.558. The van der Waals surface area contributed by atoms with Crippen LogP contribution in [-0.2, 0) is 9.59 Å². The number of rotatable bonds is 5. The minimum Gasteiger partial charge on any atom is -0.343 e. The first kappa shape index (κ1) is 13.1. The van der Waals surface area contributed by atoms with Crippen molar-refractivity contribution in [1.29, 1.82) is 0 Å². The maximum atomic E-state index is 11.9. The van der Waals surface area contributed by atoms with Crippen molar-refractivity contribution in [2.45, 2.75) is 41.0 Å². The summed E-state index contributed by atoms with van der Waals surface area (Å²) in [5, 5.41) is 0. The van der Waals surface area contributed by atoms with Crippen LogP contribution >= 0.6 is 0 Å². The second kappa shape index (κ2) is 5.13. The fourth-order valence-electron chi connectivity index (χ4n) is 1.64. The zero-order valence-corrected chi connectivity index (χ0v) is 9.89. The summed E-state index contributed by atoms with van der Waals surface area (Å²) in [6, 6.07) is 0. The third-order valence-corrected chi connectivity index (χ3v) is 2.32. The van der Waals surface area contributed by atoms with Crippen LogP contribution in [-0.4, -0.2) is 29.7 Å². The number of carbonyl (C=O) groups excluding carboxylic acids is 2. The predicted molar refractivity (Wildman–Crippen MR) is 57.0 cm³/mol. The Balaban J connectivity index is 4.55. The average Bonchev–Trinajstić information content (AvgIpc) is 2.04. The third-order valence-electron chi connectivity index (χ3n) is 2.32. The van der Waals surface area contributed by atoms with Crippen molar-refractivity contribution in [2.75, 3.05) is 13.1 Å². The van der Waals surface area contributed by atoms with Gasteiger partial charge in [0.05, 0.1) is 5.41 Å². The maximum absolute atomic E-state index is 11.9. The summed E-state index contributed by atoms with van der Waals surface area (Å²) < 4.78 is 0. The normalized spacial score (nSPS) is 11.2. The molecule has 0 aromatic carbocycles. The SMILES string of the molecule is CCN(CC)C(=O)C(C)(C)CC(C)=O. The Hall–Kier alpha value is -0.860. The zero-order valence-electron chi connectivity index (χ0n) is 9.89. The van der Waals surface area contributed by atoms with Gasteiger partial charge in [-0.3, -0.25) is 9.59 Å². The number of Topliss-reactive ketones (excluding diaryl/α,β-unsaturated/α-hetero) is 1. The fourth-order valence-corrected chi connectivity index (χ4v) is 1.64. The van der Waals surface area contributed by atoms with Gasteiger partial charge in [-0.15, -0.1) is 0 Å². The Morgan fingerprint density at radius 3 is 1.86 bits per heavy atom. The lowest BCUT2D eigenvalue weighted by molar-refractivity contribution is -0.142. The topological polar surface area (TPSA) is 37.4 Å². The number of carbonyl (C=O) groups is 2. The predicted octanol–water partition coefficient (Wildman–Crippen LogP) is 1.86. The number of hydrogen-bond acceptors (Lipinski definition) is 2. The standard InChI is InChI=1S/C11H21NO2/c1-6-12(7-2)10(14)11(4,5)8-9(3)13/h6-8H2,1-5H3. The maximum Gasteiger partial charge on any atom is 0.228 e. The molecule has 0 rings (SSSR count). The van der Waals surface area contributed by atoms with Crippen molar-refractivity contribution in [3.05, 3.63) is 0 Å². The van der Waals surface area contributed by atoms with E-state index in [1.54, 1.807) is 4.90 Å². The van der Waals surface area contributed by atoms with Crippen LogP contribution in [0, 0.1) is 5.41 Å². The molecule has 0 aromatic heterocycles. The van der Waals surface area contributed by atoms with E-state index in [9.17, 15) is 9.59 Å². The molecular formula is C11H21NO2. The van der Waals surface area contributed by atoms with Gasteiger partial charge in [-0.05, 0) is 20.8 Å². The van der Waals surface area contributed by atoms with Crippen LogP contribution < -0.4 is 0 Å². The first-order valence-corrected chi connectivity index (χ1v) is 5.14. The van der Waals surface area contributed by atoms with Crippen LogP contribution in [0.2, 0.25) is 0 Å². The summed E-state index contributed by atoms with van der Waals surface area (Å²) in [6.07, 6.45) is 0.322. The van der Waals surface area contributed by atoms with Gasteiger partial charge in [0.15, 0.2) is 0 Å². The van der Waals surface area contributed by atoms with Gasteiger partial charge in [0.25, 0.3) is 0 Å². The highest BCUT2D eigenvalue weighted by Gasteiger charge is 2.31. The summed E-state index contributed by atoms with van der Waals surface area (Å²) in [4.78, 5) is 24.7. The van der Waals surface area contributed by atoms with Crippen LogP contribution in [0.4, 0.5) is 0 Å². The molecule has 0 N–H and O–H groups in total. The fraction of sp³-hybridized carbons (Fsp3) is 0.818. The molecular weight excluding hydrogens is 178 g/mol. The van der Waals surface area contributed by atoms with E-state index in [1.807, 2.05) is 27.7 Å². The minimum atomic E-state index is -0.558. The molecule has 0 radical (unpaired) electrons. The smallest absolute Gasteiger partial charge is 0.228 e. The van der Waals surface area contributed by atoms with Crippen molar-refractivity contribution in [3.63, 3.8) is 0 Å². The van der Waals surface area contributed by atoms with Gasteiger partial charge in [-0.1, -0.05) is 13.8 Å². The molecule has 3 nitrogen and oxygen atoms in total. The lowest BCUT2D eigenvalue weighted by atomic mass is 9.86. The molecule has 0 bridgehead atoms. The molecule has 0 unspecified atom stereocenters.